The van der Waals surface area contributed by atoms with Crippen LogP contribution < -0.4 is 5.32 Å². The Balaban J connectivity index is 1.88. The van der Waals surface area contributed by atoms with Gasteiger partial charge in [0.2, 0.25) is 5.91 Å². The fourth-order valence-corrected chi connectivity index (χ4v) is 1.94. The van der Waals surface area contributed by atoms with Gasteiger partial charge in [0.1, 0.15) is 0 Å². The van der Waals surface area contributed by atoms with Crippen LogP contribution in [0.25, 0.3) is 0 Å². The highest BCUT2D eigenvalue weighted by atomic mass is 16.3. The van der Waals surface area contributed by atoms with Gasteiger partial charge in [-0.3, -0.25) is 10.1 Å². The van der Waals surface area contributed by atoms with Crippen LogP contribution in [0.4, 0.5) is 5.88 Å². The number of hydrogen-bond acceptors (Lipinski definition) is 2. The van der Waals surface area contributed by atoms with Crippen molar-refractivity contribution in [2.24, 2.45) is 5.92 Å². The van der Waals surface area contributed by atoms with Crippen molar-refractivity contribution >= 4 is 11.8 Å². The van der Waals surface area contributed by atoms with E-state index >= 15 is 0 Å². The SMILES string of the molecule is O=C(Nc1ccco1)C1CCCCC1. The first kappa shape index (κ1) is 9.31. The summed E-state index contributed by atoms with van der Waals surface area (Å²) in [7, 11) is 0. The Hall–Kier alpha value is -1.25. The van der Waals surface area contributed by atoms with Crippen molar-refractivity contribution in [3.63, 3.8) is 0 Å². The number of rotatable bonds is 2. The lowest BCUT2D eigenvalue weighted by molar-refractivity contribution is -0.120. The van der Waals surface area contributed by atoms with Crippen LogP contribution in [0.1, 0.15) is 32.1 Å². The maximum atomic E-state index is 11.7. The van der Waals surface area contributed by atoms with Crippen molar-refractivity contribution in [2.75, 3.05) is 5.32 Å². The predicted molar refractivity (Wildman–Crippen MR) is 53.9 cm³/mol. The molecule has 1 aliphatic rings. The Morgan fingerprint density at radius 3 is 2.79 bits per heavy atom. The molecule has 1 heterocycles. The molecule has 0 spiro atoms. The van der Waals surface area contributed by atoms with Crippen molar-refractivity contribution in [1.82, 2.24) is 0 Å². The Kier molecular flexibility index (Phi) is 2.87. The quantitative estimate of drug-likeness (QED) is 0.784. The molecule has 3 nitrogen and oxygen atoms in total. The van der Waals surface area contributed by atoms with Crippen molar-refractivity contribution in [3.05, 3.63) is 18.4 Å². The summed E-state index contributed by atoms with van der Waals surface area (Å²) >= 11 is 0. The fourth-order valence-electron chi connectivity index (χ4n) is 1.94. The minimum absolute atomic E-state index is 0.111. The normalized spacial score (nSPS) is 18.0. The molecule has 1 fully saturated rings. The molecule has 0 unspecified atom stereocenters. The van der Waals surface area contributed by atoms with E-state index < -0.39 is 0 Å². The van der Waals surface area contributed by atoms with E-state index in [-0.39, 0.29) is 11.8 Å². The zero-order valence-corrected chi connectivity index (χ0v) is 8.16. The smallest absolute Gasteiger partial charge is 0.229 e. The summed E-state index contributed by atoms with van der Waals surface area (Å²) < 4.78 is 5.06. The van der Waals surface area contributed by atoms with Gasteiger partial charge in [-0.25, -0.2) is 0 Å². The molecule has 0 aromatic carbocycles. The molecule has 1 aliphatic carbocycles. The molecular weight excluding hydrogens is 178 g/mol. The maximum absolute atomic E-state index is 11.7. The van der Waals surface area contributed by atoms with Crippen molar-refractivity contribution in [3.8, 4) is 0 Å². The molecule has 0 radical (unpaired) electrons. The maximum Gasteiger partial charge on any atom is 0.229 e. The molecule has 3 heteroatoms. The molecule has 0 atom stereocenters. The highest BCUT2D eigenvalue weighted by Crippen LogP contribution is 2.24. The van der Waals surface area contributed by atoms with Crippen LogP contribution in [0.5, 0.6) is 0 Å². The second kappa shape index (κ2) is 4.31. The van der Waals surface area contributed by atoms with E-state index in [1.807, 2.05) is 0 Å². The molecule has 1 aromatic heterocycles. The van der Waals surface area contributed by atoms with Crippen LogP contribution in [0.3, 0.4) is 0 Å². The monoisotopic (exact) mass is 193 g/mol. The van der Waals surface area contributed by atoms with Gasteiger partial charge in [0.05, 0.1) is 6.26 Å². The van der Waals surface area contributed by atoms with Gasteiger partial charge in [-0.2, -0.15) is 0 Å². The Bertz CT molecular complexity index is 286. The van der Waals surface area contributed by atoms with E-state index in [0.29, 0.717) is 5.88 Å². The van der Waals surface area contributed by atoms with Crippen molar-refractivity contribution < 1.29 is 9.21 Å². The molecule has 0 bridgehead atoms. The van der Waals surface area contributed by atoms with Gasteiger partial charge in [0.15, 0.2) is 5.88 Å². The highest BCUT2D eigenvalue weighted by Gasteiger charge is 2.21. The van der Waals surface area contributed by atoms with Gasteiger partial charge in [-0.1, -0.05) is 19.3 Å². The van der Waals surface area contributed by atoms with Gasteiger partial charge in [-0.15, -0.1) is 0 Å². The van der Waals surface area contributed by atoms with Crippen LogP contribution in [0.2, 0.25) is 0 Å². The predicted octanol–water partition coefficient (Wildman–Crippen LogP) is 2.80. The first-order valence-corrected chi connectivity index (χ1v) is 5.20. The number of anilines is 1. The molecule has 76 valence electrons. The summed E-state index contributed by atoms with van der Waals surface area (Å²) in [5, 5.41) is 2.79. The van der Waals surface area contributed by atoms with Crippen LogP contribution in [-0.2, 0) is 4.79 Å². The zero-order valence-electron chi connectivity index (χ0n) is 8.16. The minimum atomic E-state index is 0.111. The van der Waals surface area contributed by atoms with Crippen molar-refractivity contribution in [1.29, 1.82) is 0 Å². The topological polar surface area (TPSA) is 42.2 Å². The van der Waals surface area contributed by atoms with E-state index in [1.165, 1.54) is 19.3 Å². The van der Waals surface area contributed by atoms with E-state index in [1.54, 1.807) is 18.4 Å². The average Bonchev–Trinajstić information content (AvgIpc) is 2.72. The molecule has 1 N–H and O–H groups in total. The Morgan fingerprint density at radius 1 is 1.36 bits per heavy atom. The third-order valence-corrected chi connectivity index (χ3v) is 2.74. The number of hydrogen-bond donors (Lipinski definition) is 1. The lowest BCUT2D eigenvalue weighted by Gasteiger charge is -2.19. The van der Waals surface area contributed by atoms with Crippen LogP contribution in [-0.4, -0.2) is 5.91 Å². The third kappa shape index (κ3) is 2.16. The zero-order chi connectivity index (χ0) is 9.80. The first-order chi connectivity index (χ1) is 6.86. The first-order valence-electron chi connectivity index (χ1n) is 5.20. The summed E-state index contributed by atoms with van der Waals surface area (Å²) in [6.45, 7) is 0. The van der Waals surface area contributed by atoms with Gasteiger partial charge in [-0.05, 0) is 18.9 Å². The lowest BCUT2D eigenvalue weighted by atomic mass is 9.89. The lowest BCUT2D eigenvalue weighted by Crippen LogP contribution is -2.24. The molecular formula is C11H15NO2. The Labute approximate surface area is 83.5 Å². The summed E-state index contributed by atoms with van der Waals surface area (Å²) in [6.07, 6.45) is 7.23. The van der Waals surface area contributed by atoms with Gasteiger partial charge < -0.3 is 4.42 Å². The van der Waals surface area contributed by atoms with Crippen molar-refractivity contribution in [2.45, 2.75) is 32.1 Å². The largest absolute Gasteiger partial charge is 0.449 e. The second-order valence-electron chi connectivity index (χ2n) is 3.80. The van der Waals surface area contributed by atoms with Crippen LogP contribution in [0, 0.1) is 5.92 Å². The summed E-state index contributed by atoms with van der Waals surface area (Å²) in [5.74, 6) is 0.856. The number of carbonyl (C=O) groups excluding carboxylic acids is 1. The standard InChI is InChI=1S/C11H15NO2/c13-11(9-5-2-1-3-6-9)12-10-7-4-8-14-10/h4,7-9H,1-3,5-6H2,(H,12,13). The number of furan rings is 1. The Morgan fingerprint density at radius 2 is 2.14 bits per heavy atom. The average molecular weight is 193 g/mol. The molecule has 1 aromatic rings. The third-order valence-electron chi connectivity index (χ3n) is 2.74. The van der Waals surface area contributed by atoms with Crippen LogP contribution in [0.15, 0.2) is 22.8 Å². The van der Waals surface area contributed by atoms with Gasteiger partial charge in [0.25, 0.3) is 0 Å². The molecule has 0 aliphatic heterocycles. The van der Waals surface area contributed by atoms with Gasteiger partial charge >= 0.3 is 0 Å². The van der Waals surface area contributed by atoms with E-state index in [4.69, 9.17) is 4.42 Å². The van der Waals surface area contributed by atoms with E-state index in [2.05, 4.69) is 5.32 Å². The minimum Gasteiger partial charge on any atom is -0.449 e. The molecule has 1 amide bonds. The summed E-state index contributed by atoms with van der Waals surface area (Å²) in [6, 6.07) is 3.54. The van der Waals surface area contributed by atoms with E-state index in [0.717, 1.165) is 12.8 Å². The molecule has 0 saturated heterocycles. The second-order valence-corrected chi connectivity index (χ2v) is 3.80. The molecule has 2 rings (SSSR count). The summed E-state index contributed by atoms with van der Waals surface area (Å²) in [4.78, 5) is 11.7. The van der Waals surface area contributed by atoms with E-state index in [9.17, 15) is 4.79 Å². The van der Waals surface area contributed by atoms with Crippen LogP contribution >= 0.6 is 0 Å². The number of nitrogens with one attached hydrogen (secondary N) is 1. The highest BCUT2D eigenvalue weighted by molar-refractivity contribution is 5.91. The number of amides is 1. The molecule has 1 saturated carbocycles. The van der Waals surface area contributed by atoms with Gasteiger partial charge in [0, 0.05) is 12.0 Å². The summed E-state index contributed by atoms with van der Waals surface area (Å²) in [5.41, 5.74) is 0. The fraction of sp³-hybridized carbons (Fsp3) is 0.545. The molecule has 14 heavy (non-hydrogen) atoms. The number of carbonyl (C=O) groups is 1.